The number of rotatable bonds is 5. The molecule has 112 valence electrons. The Morgan fingerprint density at radius 2 is 1.91 bits per heavy atom. The molecule has 0 radical (unpaired) electrons. The summed E-state index contributed by atoms with van der Waals surface area (Å²) in [4.78, 5) is 3.43. The van der Waals surface area contributed by atoms with Gasteiger partial charge in [-0.2, -0.15) is 0 Å². The molecule has 1 saturated carbocycles. The highest BCUT2D eigenvalue weighted by atomic mass is 16.5. The Morgan fingerprint density at radius 3 is 2.68 bits per heavy atom. The fraction of sp³-hybridized carbons (Fsp3) is 0.263. The monoisotopic (exact) mass is 292 g/mol. The van der Waals surface area contributed by atoms with E-state index in [4.69, 9.17) is 10.5 Å². The molecule has 3 aromatic rings. The Balaban J connectivity index is 1.62. The molecule has 0 bridgehead atoms. The van der Waals surface area contributed by atoms with Crippen molar-refractivity contribution in [1.82, 2.24) is 4.98 Å². The minimum atomic E-state index is 0.641. The molecule has 0 aliphatic heterocycles. The summed E-state index contributed by atoms with van der Waals surface area (Å²) in [6, 6.07) is 16.6. The third-order valence-electron chi connectivity index (χ3n) is 4.22. The van der Waals surface area contributed by atoms with Gasteiger partial charge in [-0.05, 0) is 48.1 Å². The first kappa shape index (κ1) is 13.4. The molecule has 22 heavy (non-hydrogen) atoms. The number of aromatic amines is 1. The molecule has 1 fully saturated rings. The zero-order chi connectivity index (χ0) is 14.9. The van der Waals surface area contributed by atoms with Gasteiger partial charge in [0.2, 0.25) is 0 Å². The van der Waals surface area contributed by atoms with Gasteiger partial charge in [0, 0.05) is 17.7 Å². The number of fused-ring (bicyclic) bond motifs is 1. The zero-order valence-corrected chi connectivity index (χ0v) is 12.5. The van der Waals surface area contributed by atoms with Crippen LogP contribution in [0.1, 0.15) is 18.4 Å². The van der Waals surface area contributed by atoms with Crippen molar-refractivity contribution in [2.24, 2.45) is 5.92 Å². The number of anilines is 1. The van der Waals surface area contributed by atoms with Crippen LogP contribution in [0.25, 0.3) is 22.2 Å². The number of aromatic nitrogens is 1. The fourth-order valence-electron chi connectivity index (χ4n) is 2.82. The smallest absolute Gasteiger partial charge is 0.0717 e. The van der Waals surface area contributed by atoms with Gasteiger partial charge in [-0.3, -0.25) is 0 Å². The van der Waals surface area contributed by atoms with Crippen molar-refractivity contribution in [3.8, 4) is 11.3 Å². The predicted octanol–water partition coefficient (Wildman–Crippen LogP) is 4.34. The molecule has 0 unspecified atom stereocenters. The molecule has 3 N–H and O–H groups in total. The third kappa shape index (κ3) is 2.72. The number of nitrogens with one attached hydrogen (secondary N) is 1. The Morgan fingerprint density at radius 1 is 1.09 bits per heavy atom. The lowest BCUT2D eigenvalue weighted by Gasteiger charge is -2.05. The summed E-state index contributed by atoms with van der Waals surface area (Å²) < 4.78 is 5.77. The minimum absolute atomic E-state index is 0.641. The molecule has 0 saturated heterocycles. The maximum Gasteiger partial charge on any atom is 0.0717 e. The van der Waals surface area contributed by atoms with Crippen LogP contribution in [0.2, 0.25) is 0 Å². The van der Waals surface area contributed by atoms with Crippen LogP contribution in [0.15, 0.2) is 48.5 Å². The summed E-state index contributed by atoms with van der Waals surface area (Å²) in [7, 11) is 0. The lowest BCUT2D eigenvalue weighted by Crippen LogP contribution is -1.98. The number of benzene rings is 2. The predicted molar refractivity (Wildman–Crippen MR) is 90.5 cm³/mol. The lowest BCUT2D eigenvalue weighted by atomic mass is 10.1. The van der Waals surface area contributed by atoms with Crippen molar-refractivity contribution in [2.75, 3.05) is 12.3 Å². The largest absolute Gasteiger partial charge is 0.397 e. The summed E-state index contributed by atoms with van der Waals surface area (Å²) in [6.07, 6.45) is 2.64. The average Bonchev–Trinajstić information content (AvgIpc) is 3.25. The van der Waals surface area contributed by atoms with Crippen LogP contribution in [0, 0.1) is 5.92 Å². The van der Waals surface area contributed by atoms with Gasteiger partial charge in [-0.25, -0.2) is 0 Å². The van der Waals surface area contributed by atoms with Crippen molar-refractivity contribution in [2.45, 2.75) is 19.4 Å². The summed E-state index contributed by atoms with van der Waals surface area (Å²) in [5, 5.41) is 1.14. The van der Waals surface area contributed by atoms with Crippen molar-refractivity contribution < 1.29 is 4.74 Å². The van der Waals surface area contributed by atoms with Crippen LogP contribution in [0.5, 0.6) is 0 Å². The van der Waals surface area contributed by atoms with E-state index in [-0.39, 0.29) is 0 Å². The van der Waals surface area contributed by atoms with Crippen molar-refractivity contribution in [3.63, 3.8) is 0 Å². The standard InChI is InChI=1S/C19H20N2O/c20-17-9-14(12-22-11-13-6-7-13)8-16-10-18(21-19(16)17)15-4-2-1-3-5-15/h1-5,8-10,13,21H,6-7,11-12,20H2. The molecule has 1 heterocycles. The van der Waals surface area contributed by atoms with Gasteiger partial charge >= 0.3 is 0 Å². The highest BCUT2D eigenvalue weighted by Crippen LogP contribution is 2.31. The number of ether oxygens (including phenoxy) is 1. The van der Waals surface area contributed by atoms with Gasteiger partial charge in [0.1, 0.15) is 0 Å². The molecule has 3 nitrogen and oxygen atoms in total. The zero-order valence-electron chi connectivity index (χ0n) is 12.5. The number of nitrogen functional groups attached to an aromatic ring is 1. The molecule has 1 aromatic heterocycles. The van der Waals surface area contributed by atoms with E-state index in [0.717, 1.165) is 40.4 Å². The van der Waals surface area contributed by atoms with E-state index in [1.54, 1.807) is 0 Å². The van der Waals surface area contributed by atoms with E-state index >= 15 is 0 Å². The molecule has 3 heteroatoms. The minimum Gasteiger partial charge on any atom is -0.397 e. The first-order valence-corrected chi connectivity index (χ1v) is 7.84. The third-order valence-corrected chi connectivity index (χ3v) is 4.22. The second-order valence-electron chi connectivity index (χ2n) is 6.16. The highest BCUT2D eigenvalue weighted by molar-refractivity contribution is 5.94. The van der Waals surface area contributed by atoms with E-state index in [1.807, 2.05) is 24.3 Å². The average molecular weight is 292 g/mol. The van der Waals surface area contributed by atoms with E-state index in [2.05, 4.69) is 29.2 Å². The van der Waals surface area contributed by atoms with Gasteiger partial charge < -0.3 is 15.5 Å². The first-order chi connectivity index (χ1) is 10.8. The van der Waals surface area contributed by atoms with Crippen LogP contribution in [-0.4, -0.2) is 11.6 Å². The van der Waals surface area contributed by atoms with Crippen LogP contribution in [-0.2, 0) is 11.3 Å². The van der Waals surface area contributed by atoms with E-state index in [0.29, 0.717) is 6.61 Å². The summed E-state index contributed by atoms with van der Waals surface area (Å²) in [6.45, 7) is 1.52. The van der Waals surface area contributed by atoms with Crippen LogP contribution < -0.4 is 5.73 Å². The maximum absolute atomic E-state index is 6.21. The van der Waals surface area contributed by atoms with E-state index in [1.165, 1.54) is 18.4 Å². The SMILES string of the molecule is Nc1cc(COCC2CC2)cc2cc(-c3ccccc3)[nH]c12. The molecule has 0 spiro atoms. The second-order valence-corrected chi connectivity index (χ2v) is 6.16. The Kier molecular flexibility index (Phi) is 3.35. The molecule has 4 rings (SSSR count). The number of hydrogen-bond donors (Lipinski definition) is 2. The quantitative estimate of drug-likeness (QED) is 0.687. The van der Waals surface area contributed by atoms with Crippen molar-refractivity contribution in [1.29, 1.82) is 0 Å². The molecule has 0 amide bonds. The fourth-order valence-corrected chi connectivity index (χ4v) is 2.82. The molecule has 1 aliphatic carbocycles. The van der Waals surface area contributed by atoms with Gasteiger partial charge in [0.05, 0.1) is 17.8 Å². The number of hydrogen-bond acceptors (Lipinski definition) is 2. The van der Waals surface area contributed by atoms with Crippen LogP contribution in [0.3, 0.4) is 0 Å². The first-order valence-electron chi connectivity index (χ1n) is 7.84. The van der Waals surface area contributed by atoms with Gasteiger partial charge in [-0.1, -0.05) is 30.3 Å². The molecular weight excluding hydrogens is 272 g/mol. The summed E-state index contributed by atoms with van der Waals surface area (Å²) >= 11 is 0. The van der Waals surface area contributed by atoms with Gasteiger partial charge in [0.25, 0.3) is 0 Å². The maximum atomic E-state index is 6.21. The molecule has 2 aromatic carbocycles. The summed E-state index contributed by atoms with van der Waals surface area (Å²) in [5.74, 6) is 0.790. The van der Waals surface area contributed by atoms with E-state index < -0.39 is 0 Å². The Hall–Kier alpha value is -2.26. The van der Waals surface area contributed by atoms with Crippen LogP contribution >= 0.6 is 0 Å². The van der Waals surface area contributed by atoms with Gasteiger partial charge in [-0.15, -0.1) is 0 Å². The highest BCUT2D eigenvalue weighted by Gasteiger charge is 2.21. The Labute approximate surface area is 130 Å². The molecular formula is C19H20N2O. The van der Waals surface area contributed by atoms with Crippen LogP contribution in [0.4, 0.5) is 5.69 Å². The second kappa shape index (κ2) is 5.50. The Bertz CT molecular complexity index is 788. The lowest BCUT2D eigenvalue weighted by molar-refractivity contribution is 0.111. The van der Waals surface area contributed by atoms with Gasteiger partial charge in [0.15, 0.2) is 0 Å². The molecule has 0 atom stereocenters. The van der Waals surface area contributed by atoms with Crippen molar-refractivity contribution in [3.05, 3.63) is 54.1 Å². The summed E-state index contributed by atoms with van der Waals surface area (Å²) in [5.41, 5.74) is 11.4. The molecule has 1 aliphatic rings. The topological polar surface area (TPSA) is 51.0 Å². The van der Waals surface area contributed by atoms with Crippen molar-refractivity contribution >= 4 is 16.6 Å². The van der Waals surface area contributed by atoms with E-state index in [9.17, 15) is 0 Å². The normalized spacial score (nSPS) is 14.5. The number of H-pyrrole nitrogens is 1. The number of nitrogens with two attached hydrogens (primary N) is 1.